The van der Waals surface area contributed by atoms with Crippen LogP contribution in [0, 0.1) is 16.7 Å². The van der Waals surface area contributed by atoms with E-state index in [1.54, 1.807) is 0 Å². The highest BCUT2D eigenvalue weighted by molar-refractivity contribution is 6.05. The van der Waals surface area contributed by atoms with Gasteiger partial charge in [0.15, 0.2) is 5.96 Å². The molecule has 0 saturated carbocycles. The standard InChI is InChI=1S/C25H50N8O4.2C2HF3O2/c1-3-18(2)19(26)13-9-8-12-16-33(23(37)20(27)17-22(35)36)25(30)32-21(34)14-10-6-4-5-7-11-15-31-24(28)29;2*3-2(4,5)1(6)7/h18-20H,3-17,26-27H2,1-2H3,(H,35,36)(H4,28,29,31)(H2,30,32,34);2*(H,6,7)/t18?,19-,20+;;/m1../s1. The number of amides is 2. The van der Waals surface area contributed by atoms with Gasteiger partial charge in [0.1, 0.15) is 0 Å². The van der Waals surface area contributed by atoms with Gasteiger partial charge in [-0.25, -0.2) is 9.59 Å². The van der Waals surface area contributed by atoms with Gasteiger partial charge in [0.2, 0.25) is 17.8 Å². The molecule has 0 aromatic carbocycles. The third kappa shape index (κ3) is 30.3. The van der Waals surface area contributed by atoms with Gasteiger partial charge < -0.3 is 37.8 Å². The first kappa shape index (κ1) is 51.2. The van der Waals surface area contributed by atoms with E-state index in [0.29, 0.717) is 25.3 Å². The summed E-state index contributed by atoms with van der Waals surface area (Å²) >= 11 is 0. The zero-order valence-electron chi connectivity index (χ0n) is 28.7. The molecule has 3 atom stereocenters. The summed E-state index contributed by atoms with van der Waals surface area (Å²) in [6.45, 7) is 5.07. The number of nitrogens with zero attached hydrogens (tertiary/aromatic N) is 1. The lowest BCUT2D eigenvalue weighted by atomic mass is 9.95. The Hall–Kier alpha value is -4.21. The van der Waals surface area contributed by atoms with Crippen molar-refractivity contribution in [2.45, 2.75) is 122 Å². The molecule has 16 nitrogen and oxygen atoms in total. The van der Waals surface area contributed by atoms with E-state index >= 15 is 0 Å². The van der Waals surface area contributed by atoms with E-state index in [1.165, 1.54) is 0 Å². The van der Waals surface area contributed by atoms with Crippen LogP contribution in [0.15, 0.2) is 0 Å². The molecule has 51 heavy (non-hydrogen) atoms. The van der Waals surface area contributed by atoms with Gasteiger partial charge in [-0.3, -0.25) is 35.4 Å². The molecular formula is C29H52F6N8O8. The largest absolute Gasteiger partial charge is 0.490 e. The molecule has 0 aliphatic heterocycles. The van der Waals surface area contributed by atoms with Crippen molar-refractivity contribution in [3.63, 3.8) is 0 Å². The summed E-state index contributed by atoms with van der Waals surface area (Å²) in [5.74, 6) is -7.73. The Morgan fingerprint density at radius 3 is 1.67 bits per heavy atom. The van der Waals surface area contributed by atoms with E-state index in [9.17, 15) is 40.7 Å². The lowest BCUT2D eigenvalue weighted by Crippen LogP contribution is -2.52. The normalized spacial score (nSPS) is 12.7. The number of carboxylic acids is 3. The Balaban J connectivity index is -0.00000137. The number of carbonyl (C=O) groups is 5. The van der Waals surface area contributed by atoms with E-state index in [-0.39, 0.29) is 36.8 Å². The fourth-order valence-corrected chi connectivity index (χ4v) is 3.82. The van der Waals surface area contributed by atoms with Gasteiger partial charge >= 0.3 is 30.3 Å². The Morgan fingerprint density at radius 1 is 0.784 bits per heavy atom. The molecule has 298 valence electrons. The maximum atomic E-state index is 12.7. The van der Waals surface area contributed by atoms with Gasteiger partial charge in [0.05, 0.1) is 12.5 Å². The summed E-state index contributed by atoms with van der Waals surface area (Å²) in [6.07, 6.45) is -0.912. The van der Waals surface area contributed by atoms with Crippen molar-refractivity contribution in [3.8, 4) is 0 Å². The lowest BCUT2D eigenvalue weighted by Gasteiger charge is -2.26. The Labute approximate surface area is 291 Å². The van der Waals surface area contributed by atoms with Crippen molar-refractivity contribution < 1.29 is 65.6 Å². The highest BCUT2D eigenvalue weighted by Gasteiger charge is 2.39. The zero-order valence-corrected chi connectivity index (χ0v) is 28.7. The summed E-state index contributed by atoms with van der Waals surface area (Å²) < 4.78 is 63.5. The smallest absolute Gasteiger partial charge is 0.481 e. The maximum Gasteiger partial charge on any atom is 0.490 e. The second kappa shape index (κ2) is 27.5. The van der Waals surface area contributed by atoms with Crippen LogP contribution in [0.2, 0.25) is 0 Å². The van der Waals surface area contributed by atoms with Gasteiger partial charge in [-0.1, -0.05) is 58.8 Å². The van der Waals surface area contributed by atoms with E-state index in [1.807, 2.05) is 0 Å². The summed E-state index contributed by atoms with van der Waals surface area (Å²) in [7, 11) is 0. The fourth-order valence-electron chi connectivity index (χ4n) is 3.82. The predicted octanol–water partition coefficient (Wildman–Crippen LogP) is 3.08. The first-order valence-corrected chi connectivity index (χ1v) is 16.0. The number of nitrogens with two attached hydrogens (primary N) is 3. The molecule has 0 fully saturated rings. The van der Waals surface area contributed by atoms with Crippen LogP contribution in [-0.2, 0) is 24.0 Å². The monoisotopic (exact) mass is 754 g/mol. The van der Waals surface area contributed by atoms with Crippen LogP contribution in [0.3, 0.4) is 0 Å². The number of hydrogen-bond donors (Lipinski definition) is 10. The van der Waals surface area contributed by atoms with E-state index in [0.717, 1.165) is 62.7 Å². The van der Waals surface area contributed by atoms with Gasteiger partial charge in [-0.15, -0.1) is 0 Å². The van der Waals surface area contributed by atoms with Crippen LogP contribution in [0.25, 0.3) is 0 Å². The van der Waals surface area contributed by atoms with E-state index in [2.05, 4.69) is 24.5 Å². The van der Waals surface area contributed by atoms with Crippen LogP contribution in [0.5, 0.6) is 0 Å². The summed E-state index contributed by atoms with van der Waals surface area (Å²) in [4.78, 5) is 55.0. The average Bonchev–Trinajstić information content (AvgIpc) is 3.00. The minimum absolute atomic E-state index is 0.0254. The quantitative estimate of drug-likeness (QED) is 0.0371. The molecular weight excluding hydrogens is 702 g/mol. The highest BCUT2D eigenvalue weighted by atomic mass is 19.4. The van der Waals surface area contributed by atoms with Crippen molar-refractivity contribution in [1.82, 2.24) is 15.5 Å². The van der Waals surface area contributed by atoms with Crippen LogP contribution < -0.4 is 27.8 Å². The maximum absolute atomic E-state index is 12.7. The van der Waals surface area contributed by atoms with Crippen LogP contribution in [0.1, 0.15) is 97.3 Å². The number of carbonyl (C=O) groups excluding carboxylic acids is 2. The van der Waals surface area contributed by atoms with E-state index < -0.39 is 48.6 Å². The van der Waals surface area contributed by atoms with Crippen molar-refractivity contribution in [3.05, 3.63) is 0 Å². The van der Waals surface area contributed by atoms with Crippen molar-refractivity contribution in [1.29, 1.82) is 10.8 Å². The molecule has 0 aliphatic rings. The number of aliphatic carboxylic acids is 3. The minimum atomic E-state index is -5.08. The molecule has 0 spiro atoms. The average molecular weight is 755 g/mol. The number of rotatable bonds is 20. The third-order valence-electron chi connectivity index (χ3n) is 6.93. The third-order valence-corrected chi connectivity index (χ3v) is 6.93. The molecule has 0 aliphatic carbocycles. The zero-order chi connectivity index (χ0) is 40.4. The van der Waals surface area contributed by atoms with Gasteiger partial charge in [-0.05, 0) is 31.6 Å². The molecule has 13 N–H and O–H groups in total. The summed E-state index contributed by atoms with van der Waals surface area (Å²) in [6, 6.07) is -1.17. The number of alkyl halides is 6. The first-order chi connectivity index (χ1) is 23.4. The second-order valence-corrected chi connectivity index (χ2v) is 11.3. The summed E-state index contributed by atoms with van der Waals surface area (Å²) in [5.41, 5.74) is 17.2. The molecule has 0 rings (SSSR count). The van der Waals surface area contributed by atoms with E-state index in [4.69, 9.17) is 52.9 Å². The van der Waals surface area contributed by atoms with Crippen molar-refractivity contribution in [2.24, 2.45) is 23.1 Å². The van der Waals surface area contributed by atoms with Gasteiger partial charge in [0, 0.05) is 25.6 Å². The Kier molecular flexibility index (Phi) is 27.6. The molecule has 0 aromatic heterocycles. The molecule has 0 bridgehead atoms. The molecule has 0 radical (unpaired) electrons. The molecule has 2 amide bonds. The minimum Gasteiger partial charge on any atom is -0.481 e. The van der Waals surface area contributed by atoms with Gasteiger partial charge in [-0.2, -0.15) is 26.3 Å². The number of nitrogens with one attached hydrogen (secondary N) is 4. The topological polar surface area (TPSA) is 299 Å². The molecule has 0 heterocycles. The Bertz CT molecular complexity index is 1070. The predicted molar refractivity (Wildman–Crippen MR) is 173 cm³/mol. The van der Waals surface area contributed by atoms with Crippen molar-refractivity contribution in [2.75, 3.05) is 13.1 Å². The number of hydrogen-bond acceptors (Lipinski definition) is 9. The van der Waals surface area contributed by atoms with Crippen LogP contribution in [0.4, 0.5) is 26.3 Å². The molecule has 1 unspecified atom stereocenters. The Morgan fingerprint density at radius 2 is 1.24 bits per heavy atom. The number of carboxylic acid groups (broad SMARTS) is 3. The second-order valence-electron chi connectivity index (χ2n) is 11.3. The molecule has 0 aromatic rings. The molecule has 22 heteroatoms. The highest BCUT2D eigenvalue weighted by Crippen LogP contribution is 2.15. The molecule has 0 saturated heterocycles. The van der Waals surface area contributed by atoms with Crippen LogP contribution in [-0.4, -0.2) is 99.4 Å². The fraction of sp³-hybridized carbons (Fsp3) is 0.759. The van der Waals surface area contributed by atoms with Crippen LogP contribution >= 0.6 is 0 Å². The first-order valence-electron chi connectivity index (χ1n) is 16.0. The van der Waals surface area contributed by atoms with Crippen molar-refractivity contribution >= 4 is 41.6 Å². The number of guanidine groups is 2. The summed E-state index contributed by atoms with van der Waals surface area (Å²) in [5, 5.41) is 43.8. The number of unbranched alkanes of at least 4 members (excludes halogenated alkanes) is 7. The lowest BCUT2D eigenvalue weighted by molar-refractivity contribution is -0.193. The number of halogens is 6. The SMILES string of the molecule is CCC(C)[C@H](N)CCCCCN(C(=N)NC(=O)CCCCCCCCNC(=N)N)C(=O)[C@@H](N)CC(=O)O.O=C(O)C(F)(F)F.O=C(O)C(F)(F)F. The van der Waals surface area contributed by atoms with Gasteiger partial charge in [0.25, 0.3) is 0 Å².